The number of hydrogen-bond donors (Lipinski definition) is 2. The van der Waals surface area contributed by atoms with E-state index in [1.54, 1.807) is 6.92 Å². The van der Waals surface area contributed by atoms with Crippen LogP contribution in [0.15, 0.2) is 84.9 Å². The van der Waals surface area contributed by atoms with Crippen LogP contribution in [0.3, 0.4) is 0 Å². The van der Waals surface area contributed by atoms with E-state index in [-0.39, 0.29) is 24.9 Å². The molecule has 0 aliphatic rings. The smallest absolute Gasteiger partial charge is 0.328 e. The number of benzene rings is 3. The van der Waals surface area contributed by atoms with Crippen molar-refractivity contribution in [1.82, 2.24) is 5.32 Å². The van der Waals surface area contributed by atoms with Crippen LogP contribution in [0, 0.1) is 0 Å². The Balaban J connectivity index is 0.00000341. The van der Waals surface area contributed by atoms with Crippen molar-refractivity contribution in [1.29, 1.82) is 0 Å². The summed E-state index contributed by atoms with van der Waals surface area (Å²) in [6, 6.07) is 25.9. The van der Waals surface area contributed by atoms with Crippen LogP contribution < -0.4 is 11.1 Å². The number of amides is 1. The Kier molecular flexibility index (Phi) is 9.25. The number of rotatable bonds is 8. The van der Waals surface area contributed by atoms with E-state index in [9.17, 15) is 9.59 Å². The Morgan fingerprint density at radius 3 is 2.00 bits per heavy atom. The molecule has 0 unspecified atom stereocenters. The zero-order valence-corrected chi connectivity index (χ0v) is 18.2. The van der Waals surface area contributed by atoms with Crippen molar-refractivity contribution < 1.29 is 14.3 Å². The van der Waals surface area contributed by atoms with Crippen LogP contribution in [0.2, 0.25) is 0 Å². The van der Waals surface area contributed by atoms with Gasteiger partial charge in [0.2, 0.25) is 5.91 Å². The van der Waals surface area contributed by atoms with Gasteiger partial charge in [-0.2, -0.15) is 0 Å². The van der Waals surface area contributed by atoms with Gasteiger partial charge >= 0.3 is 5.97 Å². The Morgan fingerprint density at radius 2 is 1.39 bits per heavy atom. The van der Waals surface area contributed by atoms with Crippen molar-refractivity contribution in [2.45, 2.75) is 32.0 Å². The Labute approximate surface area is 189 Å². The highest BCUT2D eigenvalue weighted by Crippen LogP contribution is 2.19. The maximum Gasteiger partial charge on any atom is 0.328 e. The van der Waals surface area contributed by atoms with Crippen LogP contribution in [-0.2, 0) is 27.4 Å². The minimum absolute atomic E-state index is 0. The Bertz CT molecular complexity index is 963. The van der Waals surface area contributed by atoms with Gasteiger partial charge in [0.15, 0.2) is 0 Å². The second-order valence-electron chi connectivity index (χ2n) is 7.20. The summed E-state index contributed by atoms with van der Waals surface area (Å²) in [5.74, 6) is -0.877. The molecule has 0 radical (unpaired) electrons. The second-order valence-corrected chi connectivity index (χ2v) is 7.20. The first-order valence-electron chi connectivity index (χ1n) is 9.94. The second kappa shape index (κ2) is 11.9. The molecular formula is C25H27ClN2O3. The van der Waals surface area contributed by atoms with Gasteiger partial charge in [-0.3, -0.25) is 4.79 Å². The van der Waals surface area contributed by atoms with Crippen LogP contribution in [0.4, 0.5) is 0 Å². The van der Waals surface area contributed by atoms with Crippen molar-refractivity contribution >= 4 is 24.3 Å². The third kappa shape index (κ3) is 7.24. The molecule has 0 heterocycles. The summed E-state index contributed by atoms with van der Waals surface area (Å²) in [5.41, 5.74) is 10.1. The zero-order valence-electron chi connectivity index (χ0n) is 17.4. The van der Waals surface area contributed by atoms with E-state index in [0.29, 0.717) is 6.42 Å². The van der Waals surface area contributed by atoms with Crippen LogP contribution in [-0.4, -0.2) is 24.0 Å². The molecule has 0 bridgehead atoms. The van der Waals surface area contributed by atoms with Gasteiger partial charge in [-0.05, 0) is 35.6 Å². The van der Waals surface area contributed by atoms with Crippen LogP contribution >= 0.6 is 12.4 Å². The molecule has 0 fully saturated rings. The number of halogens is 1. The molecule has 162 valence electrons. The zero-order chi connectivity index (χ0) is 21.3. The van der Waals surface area contributed by atoms with Gasteiger partial charge in [0, 0.05) is 0 Å². The van der Waals surface area contributed by atoms with Crippen molar-refractivity contribution in [2.24, 2.45) is 5.73 Å². The van der Waals surface area contributed by atoms with E-state index in [0.717, 1.165) is 22.3 Å². The topological polar surface area (TPSA) is 81.4 Å². The fourth-order valence-electron chi connectivity index (χ4n) is 3.04. The molecule has 3 rings (SSSR count). The van der Waals surface area contributed by atoms with Crippen molar-refractivity contribution in [3.63, 3.8) is 0 Å². The summed E-state index contributed by atoms with van der Waals surface area (Å²) in [7, 11) is 0. The molecule has 6 heteroatoms. The van der Waals surface area contributed by atoms with Gasteiger partial charge < -0.3 is 15.8 Å². The van der Waals surface area contributed by atoms with E-state index >= 15 is 0 Å². The predicted octanol–water partition coefficient (Wildman–Crippen LogP) is 3.89. The lowest BCUT2D eigenvalue weighted by atomic mass is 10.0. The number of nitrogens with one attached hydrogen (secondary N) is 1. The van der Waals surface area contributed by atoms with Crippen LogP contribution in [0.5, 0.6) is 0 Å². The molecule has 3 aromatic carbocycles. The maximum atomic E-state index is 12.4. The summed E-state index contributed by atoms with van der Waals surface area (Å²) in [6.07, 6.45) is 0.382. The van der Waals surface area contributed by atoms with E-state index < -0.39 is 18.1 Å². The first-order chi connectivity index (χ1) is 14.5. The highest BCUT2D eigenvalue weighted by atomic mass is 35.5. The molecular weight excluding hydrogens is 412 g/mol. The number of hydrogen-bond acceptors (Lipinski definition) is 4. The molecule has 0 saturated carbocycles. The molecule has 0 aliphatic heterocycles. The number of nitrogens with two attached hydrogens (primary N) is 1. The molecule has 2 atom stereocenters. The van der Waals surface area contributed by atoms with Crippen molar-refractivity contribution in [3.8, 4) is 11.1 Å². The average molecular weight is 439 g/mol. The van der Waals surface area contributed by atoms with Gasteiger partial charge in [0.05, 0.1) is 6.04 Å². The molecule has 3 aromatic rings. The number of ether oxygens (including phenoxy) is 1. The minimum Gasteiger partial charge on any atom is -0.459 e. The van der Waals surface area contributed by atoms with E-state index in [2.05, 4.69) is 5.32 Å². The van der Waals surface area contributed by atoms with Crippen LogP contribution in [0.25, 0.3) is 11.1 Å². The van der Waals surface area contributed by atoms with E-state index in [4.69, 9.17) is 10.5 Å². The van der Waals surface area contributed by atoms with Gasteiger partial charge in [-0.15, -0.1) is 12.4 Å². The van der Waals surface area contributed by atoms with Crippen molar-refractivity contribution in [3.05, 3.63) is 96.1 Å². The SMILES string of the molecule is C[C@H](NC(=O)[C@H](N)Cc1ccc(-c2ccccc2)cc1)C(=O)OCc1ccccc1.Cl. The molecule has 0 aliphatic carbocycles. The molecule has 0 aromatic heterocycles. The third-order valence-corrected chi connectivity index (χ3v) is 4.79. The fraction of sp³-hybridized carbons (Fsp3) is 0.200. The van der Waals surface area contributed by atoms with E-state index in [1.807, 2.05) is 84.9 Å². The lowest BCUT2D eigenvalue weighted by Gasteiger charge is -2.17. The number of esters is 1. The van der Waals surface area contributed by atoms with Gasteiger partial charge in [0.1, 0.15) is 12.6 Å². The first kappa shape index (κ1) is 24.1. The monoisotopic (exact) mass is 438 g/mol. The largest absolute Gasteiger partial charge is 0.459 e. The molecule has 3 N–H and O–H groups in total. The molecule has 1 amide bonds. The summed E-state index contributed by atoms with van der Waals surface area (Å²) in [5, 5.41) is 2.63. The summed E-state index contributed by atoms with van der Waals surface area (Å²) >= 11 is 0. The van der Waals surface area contributed by atoms with Gasteiger partial charge in [-0.25, -0.2) is 4.79 Å². The van der Waals surface area contributed by atoms with Crippen molar-refractivity contribution in [2.75, 3.05) is 0 Å². The quantitative estimate of drug-likeness (QED) is 0.523. The minimum atomic E-state index is -0.771. The molecule has 0 spiro atoms. The summed E-state index contributed by atoms with van der Waals surface area (Å²) in [4.78, 5) is 24.5. The first-order valence-corrected chi connectivity index (χ1v) is 9.94. The Hall–Kier alpha value is -3.15. The lowest BCUT2D eigenvalue weighted by Crippen LogP contribution is -2.48. The lowest BCUT2D eigenvalue weighted by molar-refractivity contribution is -0.148. The van der Waals surface area contributed by atoms with E-state index in [1.165, 1.54) is 0 Å². The highest BCUT2D eigenvalue weighted by molar-refractivity contribution is 5.87. The normalized spacial score (nSPS) is 12.2. The van der Waals surface area contributed by atoms with Gasteiger partial charge in [0.25, 0.3) is 0 Å². The molecule has 0 saturated heterocycles. The number of carbonyl (C=O) groups is 2. The van der Waals surface area contributed by atoms with Crippen LogP contribution in [0.1, 0.15) is 18.1 Å². The standard InChI is InChI=1S/C25H26N2O3.ClH/c1-18(25(29)30-17-20-8-4-2-5-9-20)27-24(28)23(26)16-19-12-14-22(15-13-19)21-10-6-3-7-11-21;/h2-15,18,23H,16-17,26H2,1H3,(H,27,28);1H/t18-,23+;/m0./s1. The predicted molar refractivity (Wildman–Crippen MR) is 125 cm³/mol. The fourth-order valence-corrected chi connectivity index (χ4v) is 3.04. The number of carbonyl (C=O) groups excluding carboxylic acids is 2. The van der Waals surface area contributed by atoms with Gasteiger partial charge in [-0.1, -0.05) is 84.9 Å². The summed E-state index contributed by atoms with van der Waals surface area (Å²) < 4.78 is 5.25. The summed E-state index contributed by atoms with van der Waals surface area (Å²) in [6.45, 7) is 1.76. The maximum absolute atomic E-state index is 12.4. The average Bonchev–Trinajstić information content (AvgIpc) is 2.79. The molecule has 5 nitrogen and oxygen atoms in total. The molecule has 31 heavy (non-hydrogen) atoms. The third-order valence-electron chi connectivity index (χ3n) is 4.79. The highest BCUT2D eigenvalue weighted by Gasteiger charge is 2.21. The Morgan fingerprint density at radius 1 is 0.839 bits per heavy atom.